The molecule has 2 atom stereocenters. The normalized spacial score (nSPS) is 21.0. The van der Waals surface area contributed by atoms with Crippen molar-refractivity contribution in [3.05, 3.63) is 51.8 Å². The number of carbonyl (C=O) groups is 1. The van der Waals surface area contributed by atoms with Crippen LogP contribution in [0.15, 0.2) is 24.3 Å². The average Bonchev–Trinajstić information content (AvgIpc) is 3.08. The Kier molecular flexibility index (Phi) is 4.41. The van der Waals surface area contributed by atoms with Crippen LogP contribution in [0.5, 0.6) is 0 Å². The Morgan fingerprint density at radius 2 is 2.17 bits per heavy atom. The lowest BCUT2D eigenvalue weighted by molar-refractivity contribution is 0.0764. The van der Waals surface area contributed by atoms with E-state index in [0.29, 0.717) is 30.1 Å². The number of aryl methyl sites for hydroxylation is 2. The average molecular weight is 334 g/mol. The molecule has 0 radical (unpaired) electrons. The number of hydrogen-bond donors (Lipinski definition) is 2. The molecule has 122 valence electrons. The van der Waals surface area contributed by atoms with Crippen molar-refractivity contribution in [3.8, 4) is 0 Å². The molecule has 1 aliphatic heterocycles. The van der Waals surface area contributed by atoms with Crippen molar-refractivity contribution in [3.63, 3.8) is 0 Å². The number of aromatic amines is 1. The van der Waals surface area contributed by atoms with Crippen LogP contribution in [0, 0.1) is 19.8 Å². The second-order valence-electron chi connectivity index (χ2n) is 6.25. The molecule has 5 nitrogen and oxygen atoms in total. The molecule has 2 N–H and O–H groups in total. The van der Waals surface area contributed by atoms with Crippen LogP contribution in [0.25, 0.3) is 0 Å². The summed E-state index contributed by atoms with van der Waals surface area (Å²) in [7, 11) is 0. The number of carbonyl (C=O) groups excluding carboxylic acids is 1. The summed E-state index contributed by atoms with van der Waals surface area (Å²) in [6, 6.07) is 7.23. The molecule has 1 aromatic heterocycles. The van der Waals surface area contributed by atoms with E-state index in [2.05, 4.69) is 10.2 Å². The van der Waals surface area contributed by atoms with Crippen LogP contribution < -0.4 is 0 Å². The standard InChI is InChI=1S/C17H20ClN3O2/c1-10-5-12(3-4-15(10)18)17(23)21-8-13(16(22)9-21)7-14-6-11(2)19-20-14/h3-6,13,16,22H,7-9H2,1-2H3,(H,19,20)/t13-,16-/m1/s1. The number of amides is 1. The molecular formula is C17H20ClN3O2. The number of aliphatic hydroxyl groups is 1. The highest BCUT2D eigenvalue weighted by Crippen LogP contribution is 2.24. The van der Waals surface area contributed by atoms with E-state index >= 15 is 0 Å². The van der Waals surface area contributed by atoms with Gasteiger partial charge in [0.05, 0.1) is 11.8 Å². The number of benzene rings is 1. The number of likely N-dealkylation sites (tertiary alicyclic amines) is 1. The first kappa shape index (κ1) is 16.0. The lowest BCUT2D eigenvalue weighted by atomic mass is 10.00. The number of rotatable bonds is 3. The van der Waals surface area contributed by atoms with Crippen LogP contribution in [-0.2, 0) is 6.42 Å². The highest BCUT2D eigenvalue weighted by Gasteiger charge is 2.34. The Balaban J connectivity index is 1.69. The van der Waals surface area contributed by atoms with Crippen LogP contribution in [0.1, 0.15) is 27.3 Å². The van der Waals surface area contributed by atoms with E-state index in [-0.39, 0.29) is 11.8 Å². The molecule has 1 saturated heterocycles. The van der Waals surface area contributed by atoms with Gasteiger partial charge in [-0.3, -0.25) is 9.89 Å². The zero-order chi connectivity index (χ0) is 16.6. The second-order valence-corrected chi connectivity index (χ2v) is 6.66. The van der Waals surface area contributed by atoms with Crippen molar-refractivity contribution in [2.45, 2.75) is 26.4 Å². The van der Waals surface area contributed by atoms with Gasteiger partial charge < -0.3 is 10.0 Å². The third-order valence-electron chi connectivity index (χ3n) is 4.33. The highest BCUT2D eigenvalue weighted by atomic mass is 35.5. The van der Waals surface area contributed by atoms with E-state index in [1.165, 1.54) is 0 Å². The molecule has 23 heavy (non-hydrogen) atoms. The number of H-pyrrole nitrogens is 1. The zero-order valence-corrected chi connectivity index (χ0v) is 14.0. The van der Waals surface area contributed by atoms with Crippen molar-refractivity contribution < 1.29 is 9.90 Å². The lowest BCUT2D eigenvalue weighted by Crippen LogP contribution is -2.29. The fraction of sp³-hybridized carbons (Fsp3) is 0.412. The first-order valence-electron chi connectivity index (χ1n) is 7.68. The summed E-state index contributed by atoms with van der Waals surface area (Å²) >= 11 is 6.01. The zero-order valence-electron chi connectivity index (χ0n) is 13.2. The molecule has 3 rings (SSSR count). The smallest absolute Gasteiger partial charge is 0.253 e. The predicted molar refractivity (Wildman–Crippen MR) is 88.6 cm³/mol. The Labute approximate surface area is 140 Å². The van der Waals surface area contributed by atoms with Crippen molar-refractivity contribution in [1.29, 1.82) is 0 Å². The van der Waals surface area contributed by atoms with Gasteiger partial charge in [0.25, 0.3) is 5.91 Å². The molecule has 1 fully saturated rings. The van der Waals surface area contributed by atoms with E-state index < -0.39 is 6.10 Å². The fourth-order valence-corrected chi connectivity index (χ4v) is 3.15. The minimum absolute atomic E-state index is 0.00930. The van der Waals surface area contributed by atoms with E-state index in [1.54, 1.807) is 23.1 Å². The molecule has 0 spiro atoms. The maximum atomic E-state index is 12.6. The summed E-state index contributed by atoms with van der Waals surface area (Å²) in [6.07, 6.45) is 0.138. The molecule has 0 bridgehead atoms. The van der Waals surface area contributed by atoms with Crippen LogP contribution in [-0.4, -0.2) is 45.3 Å². The van der Waals surface area contributed by atoms with Gasteiger partial charge in [0, 0.05) is 35.3 Å². The van der Waals surface area contributed by atoms with Gasteiger partial charge in [-0.15, -0.1) is 0 Å². The van der Waals surface area contributed by atoms with Gasteiger partial charge in [0.1, 0.15) is 0 Å². The molecule has 2 aromatic rings. The Morgan fingerprint density at radius 1 is 1.39 bits per heavy atom. The highest BCUT2D eigenvalue weighted by molar-refractivity contribution is 6.31. The van der Waals surface area contributed by atoms with E-state index in [0.717, 1.165) is 17.0 Å². The lowest BCUT2D eigenvalue weighted by Gasteiger charge is -2.16. The Hall–Kier alpha value is -1.85. The third-order valence-corrected chi connectivity index (χ3v) is 4.75. The molecule has 1 aliphatic rings. The summed E-state index contributed by atoms with van der Waals surface area (Å²) in [4.78, 5) is 14.3. The van der Waals surface area contributed by atoms with Crippen molar-refractivity contribution in [2.75, 3.05) is 13.1 Å². The summed E-state index contributed by atoms with van der Waals surface area (Å²) in [6.45, 7) is 4.71. The molecule has 0 unspecified atom stereocenters. The third kappa shape index (κ3) is 3.41. The fourth-order valence-electron chi connectivity index (χ4n) is 3.03. The van der Waals surface area contributed by atoms with Crippen molar-refractivity contribution >= 4 is 17.5 Å². The van der Waals surface area contributed by atoms with Gasteiger partial charge in [0.15, 0.2) is 0 Å². The van der Waals surface area contributed by atoms with Gasteiger partial charge in [0.2, 0.25) is 0 Å². The van der Waals surface area contributed by atoms with Crippen molar-refractivity contribution in [2.24, 2.45) is 5.92 Å². The first-order chi connectivity index (χ1) is 10.9. The van der Waals surface area contributed by atoms with Gasteiger partial charge in [-0.05, 0) is 50.1 Å². The first-order valence-corrected chi connectivity index (χ1v) is 8.06. The summed E-state index contributed by atoms with van der Waals surface area (Å²) in [5, 5.41) is 18.0. The van der Waals surface area contributed by atoms with E-state index in [1.807, 2.05) is 19.9 Å². The Morgan fingerprint density at radius 3 is 2.83 bits per heavy atom. The number of nitrogens with one attached hydrogen (secondary N) is 1. The second kappa shape index (κ2) is 6.34. The maximum absolute atomic E-state index is 12.6. The molecule has 1 aromatic carbocycles. The Bertz CT molecular complexity index is 728. The monoisotopic (exact) mass is 333 g/mol. The summed E-state index contributed by atoms with van der Waals surface area (Å²) in [5.41, 5.74) is 3.40. The molecule has 6 heteroatoms. The summed E-state index contributed by atoms with van der Waals surface area (Å²) < 4.78 is 0. The number of hydrogen-bond acceptors (Lipinski definition) is 3. The maximum Gasteiger partial charge on any atom is 0.253 e. The van der Waals surface area contributed by atoms with E-state index in [9.17, 15) is 9.90 Å². The van der Waals surface area contributed by atoms with Gasteiger partial charge in [-0.2, -0.15) is 5.10 Å². The molecule has 2 heterocycles. The van der Waals surface area contributed by atoms with Crippen LogP contribution in [0.3, 0.4) is 0 Å². The molecule has 1 amide bonds. The number of nitrogens with zero attached hydrogens (tertiary/aromatic N) is 2. The molecule has 0 aliphatic carbocycles. The van der Waals surface area contributed by atoms with E-state index in [4.69, 9.17) is 11.6 Å². The SMILES string of the molecule is Cc1cc(C[C@@H]2CN(C(=O)c3ccc(Cl)c(C)c3)C[C@H]2O)n[nH]1. The molecule has 0 saturated carbocycles. The minimum Gasteiger partial charge on any atom is -0.391 e. The number of aromatic nitrogens is 2. The number of aliphatic hydroxyl groups excluding tert-OH is 1. The quantitative estimate of drug-likeness (QED) is 0.906. The van der Waals surface area contributed by atoms with Gasteiger partial charge >= 0.3 is 0 Å². The van der Waals surface area contributed by atoms with Crippen LogP contribution >= 0.6 is 11.6 Å². The van der Waals surface area contributed by atoms with Crippen molar-refractivity contribution in [1.82, 2.24) is 15.1 Å². The largest absolute Gasteiger partial charge is 0.391 e. The topological polar surface area (TPSA) is 69.2 Å². The summed E-state index contributed by atoms with van der Waals surface area (Å²) in [5.74, 6) is -0.0560. The predicted octanol–water partition coefficient (Wildman–Crippen LogP) is 2.36. The minimum atomic E-state index is -0.524. The molecular weight excluding hydrogens is 314 g/mol. The van der Waals surface area contributed by atoms with Gasteiger partial charge in [-0.25, -0.2) is 0 Å². The van der Waals surface area contributed by atoms with Gasteiger partial charge in [-0.1, -0.05) is 11.6 Å². The number of halogens is 1. The van der Waals surface area contributed by atoms with Crippen LogP contribution in [0.2, 0.25) is 5.02 Å². The number of β-amino-alcohol motifs (C(OH)–C–C–N with tert-alkyl or cyclic N) is 1. The van der Waals surface area contributed by atoms with Crippen LogP contribution in [0.4, 0.5) is 0 Å².